The minimum Gasteiger partial charge on any atom is -0.504 e. The molecule has 0 aliphatic carbocycles. The Morgan fingerprint density at radius 2 is 2.03 bits per heavy atom. The molecule has 1 atom stereocenters. The Morgan fingerprint density at radius 1 is 1.28 bits per heavy atom. The van der Waals surface area contributed by atoms with Gasteiger partial charge in [-0.25, -0.2) is 0 Å². The Kier molecular flexibility index (Phi) is 7.73. The topological polar surface area (TPSA) is 113 Å². The largest absolute Gasteiger partial charge is 0.504 e. The summed E-state index contributed by atoms with van der Waals surface area (Å²) in [4.78, 5) is 2.40. The zero-order valence-electron chi connectivity index (χ0n) is 17.5. The van der Waals surface area contributed by atoms with Gasteiger partial charge in [0.15, 0.2) is 11.5 Å². The molecular weight excluding hydrogens is 456 g/mol. The quantitative estimate of drug-likeness (QED) is 0.457. The number of methoxy groups -OCH3 is 1. The number of ether oxygens (including phenoxy) is 2. The van der Waals surface area contributed by atoms with Crippen LogP contribution in [-0.2, 0) is 14.8 Å². The summed E-state index contributed by atoms with van der Waals surface area (Å²) >= 11 is 0. The maximum atomic E-state index is 12.5. The van der Waals surface area contributed by atoms with Crippen molar-refractivity contribution in [1.29, 1.82) is 0 Å². The number of rotatable bonds is 7. The predicted octanol–water partition coefficient (Wildman–Crippen LogP) is 1.64. The molecule has 2 aromatic rings. The second kappa shape index (κ2) is 10.3. The fraction of sp³-hybridized carbons (Fsp3) is 0.333. The lowest BCUT2D eigenvalue weighted by Gasteiger charge is -2.30. The molecule has 2 aliphatic heterocycles. The highest BCUT2D eigenvalue weighted by Gasteiger charge is 2.33. The van der Waals surface area contributed by atoms with Crippen LogP contribution in [0.25, 0.3) is 0 Å². The molecule has 1 unspecified atom stereocenters. The normalized spacial score (nSPS) is 18.5. The Labute approximate surface area is 193 Å². The lowest BCUT2D eigenvalue weighted by atomic mass is 10.0. The molecule has 1 fully saturated rings. The molecule has 9 nitrogen and oxygen atoms in total. The predicted molar refractivity (Wildman–Crippen MR) is 124 cm³/mol. The van der Waals surface area contributed by atoms with Crippen LogP contribution >= 0.6 is 12.4 Å². The maximum absolute atomic E-state index is 12.5. The first-order valence-corrected chi connectivity index (χ1v) is 11.3. The smallest absolute Gasteiger partial charge is 0.283 e. The van der Waals surface area contributed by atoms with Crippen LogP contribution in [-0.4, -0.2) is 76.4 Å². The van der Waals surface area contributed by atoms with Gasteiger partial charge in [-0.1, -0.05) is 18.2 Å². The van der Waals surface area contributed by atoms with E-state index in [1.807, 2.05) is 0 Å². The molecular formula is C21H25ClN4O5S. The van der Waals surface area contributed by atoms with Gasteiger partial charge in [-0.15, -0.1) is 12.4 Å². The van der Waals surface area contributed by atoms with Crippen LogP contribution in [0.15, 0.2) is 56.9 Å². The summed E-state index contributed by atoms with van der Waals surface area (Å²) in [5, 5.41) is 14.1. The summed E-state index contributed by atoms with van der Waals surface area (Å²) in [7, 11) is -2.25. The van der Waals surface area contributed by atoms with Crippen LogP contribution in [0.5, 0.6) is 11.5 Å². The molecule has 2 aromatic carbocycles. The number of nitrogens with one attached hydrogen (secondary N) is 1. The minimum absolute atomic E-state index is 0. The van der Waals surface area contributed by atoms with Gasteiger partial charge in [0.25, 0.3) is 10.0 Å². The van der Waals surface area contributed by atoms with Gasteiger partial charge in [-0.05, 0) is 29.8 Å². The molecule has 2 aliphatic rings. The third-order valence-electron chi connectivity index (χ3n) is 5.18. The third kappa shape index (κ3) is 5.21. The van der Waals surface area contributed by atoms with Crippen LogP contribution < -0.4 is 10.2 Å². The SMILES string of the molecule is COc1cc(/C=N/NC(CN2CCOCC2)C2=NS(=O)(=O)c3ccccc32)ccc1O.Cl. The first-order valence-electron chi connectivity index (χ1n) is 9.88. The van der Waals surface area contributed by atoms with E-state index in [9.17, 15) is 13.5 Å². The number of hydrogen-bond donors (Lipinski definition) is 2. The third-order valence-corrected chi connectivity index (χ3v) is 6.53. The van der Waals surface area contributed by atoms with Crippen molar-refractivity contribution in [3.05, 3.63) is 53.6 Å². The van der Waals surface area contributed by atoms with Gasteiger partial charge in [0.05, 0.1) is 37.1 Å². The first kappa shape index (κ1) is 24.0. The molecule has 0 aromatic heterocycles. The molecule has 0 amide bonds. The van der Waals surface area contributed by atoms with Gasteiger partial charge in [0, 0.05) is 25.2 Å². The molecule has 0 bridgehead atoms. The molecule has 1 saturated heterocycles. The number of halogens is 1. The molecule has 32 heavy (non-hydrogen) atoms. The van der Waals surface area contributed by atoms with E-state index in [0.29, 0.717) is 42.3 Å². The average molecular weight is 481 g/mol. The molecule has 2 heterocycles. The summed E-state index contributed by atoms with van der Waals surface area (Å²) in [6.45, 7) is 3.29. The number of nitrogens with zero attached hydrogens (tertiary/aromatic N) is 3. The number of fused-ring (bicyclic) bond motifs is 1. The Morgan fingerprint density at radius 3 is 2.78 bits per heavy atom. The van der Waals surface area contributed by atoms with Crippen molar-refractivity contribution in [2.45, 2.75) is 10.9 Å². The van der Waals surface area contributed by atoms with Crippen molar-refractivity contribution in [1.82, 2.24) is 10.3 Å². The molecule has 0 saturated carbocycles. The highest BCUT2D eigenvalue weighted by molar-refractivity contribution is 7.90. The van der Waals surface area contributed by atoms with Crippen LogP contribution in [0.1, 0.15) is 11.1 Å². The lowest BCUT2D eigenvalue weighted by Crippen LogP contribution is -2.48. The van der Waals surface area contributed by atoms with Crippen molar-refractivity contribution in [3.63, 3.8) is 0 Å². The number of hydrazone groups is 1. The standard InChI is InChI=1S/C21H24N4O5S.ClH/c1-29-19-12-15(6-7-18(19)26)13-22-23-17(14-25-8-10-30-11-9-25)21-16-4-2-3-5-20(16)31(27,28)24-21;/h2-7,12-13,17,23,26H,8-11,14H2,1H3;1H/b22-13+;. The van der Waals surface area contributed by atoms with Gasteiger partial charge < -0.3 is 14.6 Å². The maximum Gasteiger partial charge on any atom is 0.283 e. The molecule has 11 heteroatoms. The van der Waals surface area contributed by atoms with E-state index in [0.717, 1.165) is 13.1 Å². The van der Waals surface area contributed by atoms with Gasteiger partial charge >= 0.3 is 0 Å². The van der Waals surface area contributed by atoms with E-state index in [2.05, 4.69) is 19.8 Å². The zero-order valence-corrected chi connectivity index (χ0v) is 19.1. The van der Waals surface area contributed by atoms with Gasteiger partial charge in [-0.3, -0.25) is 10.3 Å². The monoisotopic (exact) mass is 480 g/mol. The van der Waals surface area contributed by atoms with Gasteiger partial charge in [0.2, 0.25) is 0 Å². The molecule has 172 valence electrons. The zero-order chi connectivity index (χ0) is 21.8. The van der Waals surface area contributed by atoms with E-state index < -0.39 is 16.1 Å². The van der Waals surface area contributed by atoms with Crippen LogP contribution in [0.2, 0.25) is 0 Å². The molecule has 0 radical (unpaired) electrons. The number of aromatic hydroxyl groups is 1. The number of phenolic OH excluding ortho intramolecular Hbond substituents is 1. The van der Waals surface area contributed by atoms with Gasteiger partial charge in [0.1, 0.15) is 6.04 Å². The molecule has 2 N–H and O–H groups in total. The summed E-state index contributed by atoms with van der Waals surface area (Å²) in [5.41, 5.74) is 4.83. The Hall–Kier alpha value is -2.66. The van der Waals surface area contributed by atoms with Crippen molar-refractivity contribution < 1.29 is 23.0 Å². The number of sulfonamides is 1. The second-order valence-electron chi connectivity index (χ2n) is 7.23. The van der Waals surface area contributed by atoms with E-state index in [4.69, 9.17) is 9.47 Å². The van der Waals surface area contributed by atoms with E-state index >= 15 is 0 Å². The van der Waals surface area contributed by atoms with Crippen LogP contribution in [0, 0.1) is 0 Å². The fourth-order valence-corrected chi connectivity index (χ4v) is 4.87. The van der Waals surface area contributed by atoms with Crippen LogP contribution in [0.4, 0.5) is 0 Å². The number of phenols is 1. The fourth-order valence-electron chi connectivity index (χ4n) is 3.59. The summed E-state index contributed by atoms with van der Waals surface area (Å²) in [6.07, 6.45) is 1.59. The van der Waals surface area contributed by atoms with E-state index in [1.165, 1.54) is 13.2 Å². The average Bonchev–Trinajstić information content (AvgIpc) is 3.06. The van der Waals surface area contributed by atoms with Crippen molar-refractivity contribution in [3.8, 4) is 11.5 Å². The number of morpholine rings is 1. The van der Waals surface area contributed by atoms with Gasteiger partial charge in [-0.2, -0.15) is 17.9 Å². The number of hydrogen-bond acceptors (Lipinski definition) is 8. The Bertz CT molecular complexity index is 1120. The van der Waals surface area contributed by atoms with Crippen molar-refractivity contribution in [2.75, 3.05) is 40.0 Å². The van der Waals surface area contributed by atoms with Crippen molar-refractivity contribution >= 4 is 34.4 Å². The number of benzene rings is 2. The van der Waals surface area contributed by atoms with Crippen molar-refractivity contribution in [2.24, 2.45) is 9.50 Å². The molecule has 0 spiro atoms. The van der Waals surface area contributed by atoms with E-state index in [-0.39, 0.29) is 23.1 Å². The first-order chi connectivity index (χ1) is 15.0. The minimum atomic E-state index is -3.72. The summed E-state index contributed by atoms with van der Waals surface area (Å²) in [5.74, 6) is 0.383. The van der Waals surface area contributed by atoms with Crippen LogP contribution in [0.3, 0.4) is 0 Å². The summed E-state index contributed by atoms with van der Waals surface area (Å²) < 4.78 is 39.7. The highest BCUT2D eigenvalue weighted by Crippen LogP contribution is 2.28. The Balaban J connectivity index is 0.00000289. The van der Waals surface area contributed by atoms with E-state index in [1.54, 1.807) is 42.6 Å². The lowest BCUT2D eigenvalue weighted by molar-refractivity contribution is 0.0364. The summed E-state index contributed by atoms with van der Waals surface area (Å²) in [6, 6.07) is 11.3. The molecule has 4 rings (SSSR count). The second-order valence-corrected chi connectivity index (χ2v) is 8.80. The highest BCUT2D eigenvalue weighted by atomic mass is 35.5.